The molecule has 1 heterocycles. The van der Waals surface area contributed by atoms with Crippen molar-refractivity contribution in [3.63, 3.8) is 0 Å². The van der Waals surface area contributed by atoms with Gasteiger partial charge in [0.25, 0.3) is 0 Å². The zero-order valence-corrected chi connectivity index (χ0v) is 15.2. The van der Waals surface area contributed by atoms with Crippen molar-refractivity contribution in [2.24, 2.45) is 0 Å². The number of aliphatic hydroxyl groups is 1. The van der Waals surface area contributed by atoms with Crippen molar-refractivity contribution in [1.29, 1.82) is 0 Å². The summed E-state index contributed by atoms with van der Waals surface area (Å²) in [5, 5.41) is 15.5. The predicted octanol–water partition coefficient (Wildman–Crippen LogP) is 4.08. The minimum absolute atomic E-state index is 0.231. The summed E-state index contributed by atoms with van der Waals surface area (Å²) in [7, 11) is 1.67. The maximum atomic E-state index is 10.3. The zero-order valence-electron chi connectivity index (χ0n) is 14.4. The Hall–Kier alpha value is -2.01. The van der Waals surface area contributed by atoms with Gasteiger partial charge in [-0.05, 0) is 48.7 Å². The topological polar surface area (TPSA) is 57.3 Å². The van der Waals surface area contributed by atoms with Crippen molar-refractivity contribution < 1.29 is 9.84 Å². The number of aliphatic hydroxyl groups excluding tert-OH is 1. The molecule has 132 valence electrons. The number of aromatic amines is 1. The number of fused-ring (bicyclic) bond motifs is 1. The van der Waals surface area contributed by atoms with Crippen molar-refractivity contribution in [3.05, 3.63) is 64.8 Å². The van der Waals surface area contributed by atoms with Crippen molar-refractivity contribution in [3.8, 4) is 5.75 Å². The average Bonchev–Trinajstić information content (AvgIpc) is 3.01. The lowest BCUT2D eigenvalue weighted by Gasteiger charge is -2.17. The molecule has 25 heavy (non-hydrogen) atoms. The van der Waals surface area contributed by atoms with Crippen LogP contribution in [-0.4, -0.2) is 29.8 Å². The number of benzene rings is 2. The second-order valence-corrected chi connectivity index (χ2v) is 6.75. The fourth-order valence-electron chi connectivity index (χ4n) is 3.01. The molecule has 0 fully saturated rings. The number of hydrogen-bond donors (Lipinski definition) is 3. The van der Waals surface area contributed by atoms with Crippen LogP contribution in [0.4, 0.5) is 0 Å². The Morgan fingerprint density at radius 3 is 2.84 bits per heavy atom. The van der Waals surface area contributed by atoms with Gasteiger partial charge in [-0.25, -0.2) is 0 Å². The van der Waals surface area contributed by atoms with E-state index in [0.29, 0.717) is 11.6 Å². The molecule has 1 aromatic heterocycles. The largest absolute Gasteiger partial charge is 0.497 e. The Morgan fingerprint density at radius 2 is 2.08 bits per heavy atom. The highest BCUT2D eigenvalue weighted by Gasteiger charge is 2.12. The third-order valence-electron chi connectivity index (χ3n) is 4.39. The molecule has 0 aliphatic carbocycles. The lowest BCUT2D eigenvalue weighted by molar-refractivity contribution is 0.170. The van der Waals surface area contributed by atoms with Gasteiger partial charge in [0.2, 0.25) is 0 Å². The van der Waals surface area contributed by atoms with Crippen molar-refractivity contribution in [2.45, 2.75) is 25.5 Å². The van der Waals surface area contributed by atoms with E-state index in [1.54, 1.807) is 19.2 Å². The third kappa shape index (κ3) is 4.34. The lowest BCUT2D eigenvalue weighted by Crippen LogP contribution is -2.32. The molecule has 0 saturated heterocycles. The molecule has 0 spiro atoms. The van der Waals surface area contributed by atoms with Gasteiger partial charge in [-0.3, -0.25) is 0 Å². The second kappa shape index (κ2) is 7.91. The molecule has 2 atom stereocenters. The lowest BCUT2D eigenvalue weighted by atomic mass is 10.0. The Kier molecular flexibility index (Phi) is 5.63. The van der Waals surface area contributed by atoms with Gasteiger partial charge < -0.3 is 20.1 Å². The number of methoxy groups -OCH3 is 1. The molecule has 2 unspecified atom stereocenters. The first-order chi connectivity index (χ1) is 12.1. The maximum Gasteiger partial charge on any atom is 0.120 e. The quantitative estimate of drug-likeness (QED) is 0.596. The second-order valence-electron chi connectivity index (χ2n) is 6.31. The van der Waals surface area contributed by atoms with E-state index in [-0.39, 0.29) is 6.04 Å². The van der Waals surface area contributed by atoms with Crippen molar-refractivity contribution >= 4 is 22.5 Å². The highest BCUT2D eigenvalue weighted by atomic mass is 35.5. The molecular weight excluding hydrogens is 336 g/mol. The van der Waals surface area contributed by atoms with Crippen LogP contribution in [0.15, 0.2) is 48.7 Å². The van der Waals surface area contributed by atoms with E-state index in [2.05, 4.69) is 23.3 Å². The van der Waals surface area contributed by atoms with Gasteiger partial charge in [0, 0.05) is 40.8 Å². The van der Waals surface area contributed by atoms with Gasteiger partial charge in [-0.2, -0.15) is 0 Å². The fraction of sp³-hybridized carbons (Fsp3) is 0.300. The fourth-order valence-corrected chi connectivity index (χ4v) is 3.21. The van der Waals surface area contributed by atoms with E-state index in [1.165, 1.54) is 10.9 Å². The van der Waals surface area contributed by atoms with Gasteiger partial charge in [0.1, 0.15) is 5.75 Å². The van der Waals surface area contributed by atoms with E-state index in [9.17, 15) is 5.11 Å². The Labute approximate surface area is 152 Å². The molecule has 4 nitrogen and oxygen atoms in total. The van der Waals surface area contributed by atoms with Crippen LogP contribution in [-0.2, 0) is 6.42 Å². The van der Waals surface area contributed by atoms with Crippen LogP contribution in [0.2, 0.25) is 5.02 Å². The highest BCUT2D eigenvalue weighted by Crippen LogP contribution is 2.24. The summed E-state index contributed by atoms with van der Waals surface area (Å²) < 4.78 is 5.26. The molecule has 0 radical (unpaired) electrons. The maximum absolute atomic E-state index is 10.3. The van der Waals surface area contributed by atoms with Gasteiger partial charge in [0.15, 0.2) is 0 Å². The van der Waals surface area contributed by atoms with Gasteiger partial charge in [-0.1, -0.05) is 23.7 Å². The van der Waals surface area contributed by atoms with E-state index < -0.39 is 6.10 Å². The summed E-state index contributed by atoms with van der Waals surface area (Å²) in [6.07, 6.45) is 2.33. The standard InChI is InChI=1S/C20H23ClN2O2/c1-13(22-12-20(24)14-4-3-5-16(21)9-14)8-15-11-23-19-10-17(25-2)6-7-18(15)19/h3-7,9-11,13,20,22-24H,8,12H2,1-2H3. The van der Waals surface area contributed by atoms with E-state index in [0.717, 1.165) is 23.3 Å². The van der Waals surface area contributed by atoms with E-state index in [1.807, 2.05) is 30.5 Å². The number of nitrogens with one attached hydrogen (secondary N) is 2. The van der Waals surface area contributed by atoms with Crippen molar-refractivity contribution in [2.75, 3.05) is 13.7 Å². The summed E-state index contributed by atoms with van der Waals surface area (Å²) in [6, 6.07) is 13.6. The molecule has 3 rings (SSSR count). The Bertz CT molecular complexity index is 847. The Morgan fingerprint density at radius 1 is 1.24 bits per heavy atom. The van der Waals surface area contributed by atoms with Crippen LogP contribution in [0, 0.1) is 0 Å². The van der Waals surface area contributed by atoms with Crippen LogP contribution >= 0.6 is 11.6 Å². The molecule has 3 aromatic rings. The Balaban J connectivity index is 1.60. The zero-order chi connectivity index (χ0) is 17.8. The molecule has 0 aliphatic heterocycles. The molecule has 3 N–H and O–H groups in total. The van der Waals surface area contributed by atoms with Gasteiger partial charge in [0.05, 0.1) is 13.2 Å². The van der Waals surface area contributed by atoms with Crippen LogP contribution < -0.4 is 10.1 Å². The molecule has 0 aliphatic rings. The molecule has 0 amide bonds. The molecular formula is C20H23ClN2O2. The normalized spacial score (nSPS) is 13.8. The van der Waals surface area contributed by atoms with Crippen LogP contribution in [0.3, 0.4) is 0 Å². The van der Waals surface area contributed by atoms with Crippen LogP contribution in [0.1, 0.15) is 24.2 Å². The summed E-state index contributed by atoms with van der Waals surface area (Å²) >= 11 is 5.98. The van der Waals surface area contributed by atoms with Crippen LogP contribution in [0.5, 0.6) is 5.75 Å². The minimum Gasteiger partial charge on any atom is -0.497 e. The van der Waals surface area contributed by atoms with Crippen molar-refractivity contribution in [1.82, 2.24) is 10.3 Å². The number of ether oxygens (including phenoxy) is 1. The smallest absolute Gasteiger partial charge is 0.120 e. The van der Waals surface area contributed by atoms with Crippen LogP contribution in [0.25, 0.3) is 10.9 Å². The molecule has 0 bridgehead atoms. The van der Waals surface area contributed by atoms with Gasteiger partial charge in [-0.15, -0.1) is 0 Å². The summed E-state index contributed by atoms with van der Waals surface area (Å²) in [4.78, 5) is 3.29. The summed E-state index contributed by atoms with van der Waals surface area (Å²) in [5.41, 5.74) is 3.14. The number of aromatic nitrogens is 1. The molecule has 2 aromatic carbocycles. The summed E-state index contributed by atoms with van der Waals surface area (Å²) in [5.74, 6) is 0.844. The number of rotatable bonds is 7. The predicted molar refractivity (Wildman–Crippen MR) is 102 cm³/mol. The first kappa shape index (κ1) is 17.8. The summed E-state index contributed by atoms with van der Waals surface area (Å²) in [6.45, 7) is 2.60. The third-order valence-corrected chi connectivity index (χ3v) is 4.63. The number of halogens is 1. The molecule has 0 saturated carbocycles. The van der Waals surface area contributed by atoms with E-state index >= 15 is 0 Å². The highest BCUT2D eigenvalue weighted by molar-refractivity contribution is 6.30. The minimum atomic E-state index is -0.576. The number of hydrogen-bond acceptors (Lipinski definition) is 3. The van der Waals surface area contributed by atoms with Gasteiger partial charge >= 0.3 is 0 Å². The average molecular weight is 359 g/mol. The molecule has 5 heteroatoms. The first-order valence-corrected chi connectivity index (χ1v) is 8.75. The SMILES string of the molecule is COc1ccc2c(CC(C)NCC(O)c3cccc(Cl)c3)c[nH]c2c1. The van der Waals surface area contributed by atoms with E-state index in [4.69, 9.17) is 16.3 Å². The first-order valence-electron chi connectivity index (χ1n) is 8.37. The monoisotopic (exact) mass is 358 g/mol. The number of H-pyrrole nitrogens is 1.